The molecular weight excluding hydrogens is 278 g/mol. The number of ether oxygens (including phenoxy) is 1. The van der Waals surface area contributed by atoms with Gasteiger partial charge in [-0.3, -0.25) is 9.69 Å². The molecule has 0 radical (unpaired) electrons. The summed E-state index contributed by atoms with van der Waals surface area (Å²) < 4.78 is 5.90. The molecule has 1 aliphatic carbocycles. The standard InChI is InChI=1S/C17H21N3O2/c1-13-9-20(10-14-5-2-3-6-15(14)22-13)11-16(21)19-17(12-18)7-4-8-17/h2-3,5-6,13H,4,7-11H2,1H3,(H,19,21). The molecule has 1 aliphatic heterocycles. The number of fused-ring (bicyclic) bond motifs is 1. The Morgan fingerprint density at radius 3 is 2.95 bits per heavy atom. The van der Waals surface area contributed by atoms with Crippen LogP contribution < -0.4 is 10.1 Å². The minimum Gasteiger partial charge on any atom is -0.489 e. The van der Waals surface area contributed by atoms with Gasteiger partial charge in [0.15, 0.2) is 0 Å². The fourth-order valence-electron chi connectivity index (χ4n) is 3.10. The van der Waals surface area contributed by atoms with Crippen LogP contribution in [-0.2, 0) is 11.3 Å². The van der Waals surface area contributed by atoms with Crippen molar-refractivity contribution >= 4 is 5.91 Å². The molecule has 0 aromatic heterocycles. The first-order valence-electron chi connectivity index (χ1n) is 7.79. The van der Waals surface area contributed by atoms with Gasteiger partial charge in [0.1, 0.15) is 17.4 Å². The summed E-state index contributed by atoms with van der Waals surface area (Å²) in [6.45, 7) is 3.69. The van der Waals surface area contributed by atoms with Crippen molar-refractivity contribution in [3.05, 3.63) is 29.8 Å². The lowest BCUT2D eigenvalue weighted by molar-refractivity contribution is -0.124. The zero-order valence-corrected chi connectivity index (χ0v) is 12.8. The summed E-state index contributed by atoms with van der Waals surface area (Å²) in [5.74, 6) is 0.818. The number of hydrogen-bond donors (Lipinski definition) is 1. The number of nitrogens with one attached hydrogen (secondary N) is 1. The van der Waals surface area contributed by atoms with Crippen LogP contribution in [0.2, 0.25) is 0 Å². The number of carbonyl (C=O) groups excluding carboxylic acids is 1. The van der Waals surface area contributed by atoms with Crippen molar-refractivity contribution in [1.82, 2.24) is 10.2 Å². The molecule has 1 atom stereocenters. The molecular formula is C17H21N3O2. The Morgan fingerprint density at radius 2 is 2.27 bits per heavy atom. The lowest BCUT2D eigenvalue weighted by Crippen LogP contribution is -2.54. The number of nitriles is 1. The number of hydrogen-bond acceptors (Lipinski definition) is 4. The highest BCUT2D eigenvalue weighted by Gasteiger charge is 2.38. The van der Waals surface area contributed by atoms with E-state index in [4.69, 9.17) is 4.74 Å². The molecule has 116 valence electrons. The molecule has 1 N–H and O–H groups in total. The minimum atomic E-state index is -0.622. The normalized spacial score (nSPS) is 23.2. The van der Waals surface area contributed by atoms with E-state index in [-0.39, 0.29) is 12.0 Å². The second-order valence-electron chi connectivity index (χ2n) is 6.30. The van der Waals surface area contributed by atoms with Crippen LogP contribution in [0.4, 0.5) is 0 Å². The van der Waals surface area contributed by atoms with E-state index in [0.717, 1.165) is 30.6 Å². The molecule has 0 saturated heterocycles. The third kappa shape index (κ3) is 3.07. The predicted octanol–water partition coefficient (Wildman–Crippen LogP) is 1.83. The maximum atomic E-state index is 12.3. The molecule has 22 heavy (non-hydrogen) atoms. The van der Waals surface area contributed by atoms with Crippen molar-refractivity contribution in [3.8, 4) is 11.8 Å². The van der Waals surface area contributed by atoms with Crippen LogP contribution in [0.15, 0.2) is 24.3 Å². The summed E-state index contributed by atoms with van der Waals surface area (Å²) in [7, 11) is 0. The average Bonchev–Trinajstić information content (AvgIpc) is 2.60. The van der Waals surface area contributed by atoms with Crippen LogP contribution in [-0.4, -0.2) is 35.5 Å². The topological polar surface area (TPSA) is 65.4 Å². The van der Waals surface area contributed by atoms with Crippen molar-refractivity contribution in [2.45, 2.75) is 44.4 Å². The predicted molar refractivity (Wildman–Crippen MR) is 82.1 cm³/mol. The van der Waals surface area contributed by atoms with Gasteiger partial charge in [-0.1, -0.05) is 18.2 Å². The van der Waals surface area contributed by atoms with Gasteiger partial charge in [-0.15, -0.1) is 0 Å². The van der Waals surface area contributed by atoms with Crippen molar-refractivity contribution in [2.24, 2.45) is 0 Å². The molecule has 5 heteroatoms. The summed E-state index contributed by atoms with van der Waals surface area (Å²) in [5.41, 5.74) is 0.474. The number of amides is 1. The fraction of sp³-hybridized carbons (Fsp3) is 0.529. The van der Waals surface area contributed by atoms with E-state index in [9.17, 15) is 10.1 Å². The third-order valence-corrected chi connectivity index (χ3v) is 4.38. The first-order valence-corrected chi connectivity index (χ1v) is 7.79. The number of nitrogens with zero attached hydrogens (tertiary/aromatic N) is 2. The summed E-state index contributed by atoms with van der Waals surface area (Å²) >= 11 is 0. The van der Waals surface area contributed by atoms with E-state index in [1.54, 1.807) is 0 Å². The molecule has 1 unspecified atom stereocenters. The van der Waals surface area contributed by atoms with Gasteiger partial charge < -0.3 is 10.1 Å². The van der Waals surface area contributed by atoms with Crippen molar-refractivity contribution in [3.63, 3.8) is 0 Å². The van der Waals surface area contributed by atoms with Crippen molar-refractivity contribution in [2.75, 3.05) is 13.1 Å². The van der Waals surface area contributed by atoms with Gasteiger partial charge in [-0.25, -0.2) is 0 Å². The zero-order chi connectivity index (χ0) is 15.6. The highest BCUT2D eigenvalue weighted by atomic mass is 16.5. The van der Waals surface area contributed by atoms with E-state index >= 15 is 0 Å². The van der Waals surface area contributed by atoms with E-state index in [2.05, 4.69) is 16.3 Å². The van der Waals surface area contributed by atoms with Crippen molar-refractivity contribution < 1.29 is 9.53 Å². The van der Waals surface area contributed by atoms with Gasteiger partial charge in [0.2, 0.25) is 5.91 Å². The number of carbonyl (C=O) groups is 1. The molecule has 2 aliphatic rings. The van der Waals surface area contributed by atoms with Crippen LogP contribution in [0.5, 0.6) is 5.75 Å². The zero-order valence-electron chi connectivity index (χ0n) is 12.8. The first-order chi connectivity index (χ1) is 10.6. The molecule has 1 amide bonds. The Hall–Kier alpha value is -2.06. The van der Waals surface area contributed by atoms with Gasteiger partial charge in [-0.2, -0.15) is 5.26 Å². The van der Waals surface area contributed by atoms with Crippen LogP contribution >= 0.6 is 0 Å². The number of benzene rings is 1. The van der Waals surface area contributed by atoms with E-state index in [1.807, 2.05) is 31.2 Å². The smallest absolute Gasteiger partial charge is 0.235 e. The number of rotatable bonds is 3. The second kappa shape index (κ2) is 5.98. The van der Waals surface area contributed by atoms with Gasteiger partial charge in [-0.05, 0) is 32.3 Å². The third-order valence-electron chi connectivity index (χ3n) is 4.38. The Balaban J connectivity index is 1.65. The summed E-state index contributed by atoms with van der Waals surface area (Å²) in [6, 6.07) is 10.2. The van der Waals surface area contributed by atoms with E-state index in [1.165, 1.54) is 0 Å². The fourth-order valence-corrected chi connectivity index (χ4v) is 3.10. The van der Waals surface area contributed by atoms with E-state index in [0.29, 0.717) is 19.6 Å². The van der Waals surface area contributed by atoms with Gasteiger partial charge in [0, 0.05) is 18.7 Å². The number of para-hydroxylation sites is 1. The molecule has 1 saturated carbocycles. The molecule has 1 fully saturated rings. The van der Waals surface area contributed by atoms with Crippen LogP contribution in [0.3, 0.4) is 0 Å². The molecule has 1 heterocycles. The average molecular weight is 299 g/mol. The molecule has 3 rings (SSSR count). The monoisotopic (exact) mass is 299 g/mol. The van der Waals surface area contributed by atoms with Gasteiger partial charge in [0.05, 0.1) is 12.6 Å². The minimum absolute atomic E-state index is 0.0325. The lowest BCUT2D eigenvalue weighted by atomic mass is 9.78. The van der Waals surface area contributed by atoms with Gasteiger partial charge >= 0.3 is 0 Å². The highest BCUT2D eigenvalue weighted by molar-refractivity contribution is 5.79. The second-order valence-corrected chi connectivity index (χ2v) is 6.30. The maximum absolute atomic E-state index is 12.3. The van der Waals surface area contributed by atoms with Crippen molar-refractivity contribution in [1.29, 1.82) is 5.26 Å². The molecule has 0 spiro atoms. The lowest BCUT2D eigenvalue weighted by Gasteiger charge is -2.36. The van der Waals surface area contributed by atoms with Crippen LogP contribution in [0.1, 0.15) is 31.7 Å². The quantitative estimate of drug-likeness (QED) is 0.925. The summed E-state index contributed by atoms with van der Waals surface area (Å²) in [6.07, 6.45) is 2.57. The van der Waals surface area contributed by atoms with E-state index < -0.39 is 5.54 Å². The van der Waals surface area contributed by atoms with Crippen LogP contribution in [0.25, 0.3) is 0 Å². The molecule has 0 bridgehead atoms. The summed E-state index contributed by atoms with van der Waals surface area (Å²) in [4.78, 5) is 14.3. The molecule has 1 aromatic rings. The summed E-state index contributed by atoms with van der Waals surface area (Å²) in [5, 5.41) is 12.1. The molecule has 1 aromatic carbocycles. The SMILES string of the molecule is CC1CN(CC(=O)NC2(C#N)CCC2)Cc2ccccc2O1. The Morgan fingerprint density at radius 1 is 1.50 bits per heavy atom. The largest absolute Gasteiger partial charge is 0.489 e. The Kier molecular flexibility index (Phi) is 4.04. The Labute approximate surface area is 130 Å². The van der Waals surface area contributed by atoms with Gasteiger partial charge in [0.25, 0.3) is 0 Å². The highest BCUT2D eigenvalue weighted by Crippen LogP contribution is 2.31. The first kappa shape index (κ1) is 14.9. The Bertz CT molecular complexity index is 604. The maximum Gasteiger partial charge on any atom is 0.235 e. The van der Waals surface area contributed by atoms with Crippen LogP contribution in [0, 0.1) is 11.3 Å². The molecule has 5 nitrogen and oxygen atoms in total.